The average Bonchev–Trinajstić information content (AvgIpc) is 2.05. The van der Waals surface area contributed by atoms with E-state index in [9.17, 15) is 19.8 Å². The first-order valence-electron chi connectivity index (χ1n) is 4.52. The second kappa shape index (κ2) is 11.9. The van der Waals surface area contributed by atoms with Gasteiger partial charge < -0.3 is 24.5 Å². The fraction of sp³-hybridized carbons (Fsp3) is 0.778. The molecule has 0 saturated carbocycles. The van der Waals surface area contributed by atoms with E-state index in [-0.39, 0.29) is 19.3 Å². The maximum atomic E-state index is 9.66. The van der Waals surface area contributed by atoms with Gasteiger partial charge in [0.2, 0.25) is 0 Å². The molecule has 0 fully saturated rings. The molecule has 0 bridgehead atoms. The molecule has 0 heterocycles. The van der Waals surface area contributed by atoms with Gasteiger partial charge >= 0.3 is 0 Å². The van der Waals surface area contributed by atoms with Gasteiger partial charge in [-0.05, 0) is 33.1 Å². The summed E-state index contributed by atoms with van der Waals surface area (Å²) in [6.07, 6.45) is -0.341. The summed E-state index contributed by atoms with van der Waals surface area (Å²) >= 11 is 0. The smallest absolute Gasteiger partial charge is 0.0437 e. The Labute approximate surface area is 83.7 Å². The van der Waals surface area contributed by atoms with Crippen LogP contribution in [0.1, 0.15) is 33.1 Å². The topological polar surface area (TPSA) is 89.5 Å². The van der Waals surface area contributed by atoms with Crippen molar-refractivity contribution in [2.24, 2.45) is 0 Å². The molecule has 0 aliphatic rings. The molecule has 0 amide bonds. The Kier molecular flexibility index (Phi) is 13.1. The summed E-state index contributed by atoms with van der Waals surface area (Å²) in [4.78, 5) is 19.3. The first kappa shape index (κ1) is 15.4. The predicted molar refractivity (Wildman–Crippen MR) is 46.0 cm³/mol. The number of carboxylic acid groups (broad SMARTS) is 2. The highest BCUT2D eigenvalue weighted by atomic mass is 16.5. The number of aliphatic carboxylic acids is 2. The van der Waals surface area contributed by atoms with Crippen LogP contribution in [0.3, 0.4) is 0 Å². The summed E-state index contributed by atoms with van der Waals surface area (Å²) in [5.41, 5.74) is 0. The Morgan fingerprint density at radius 1 is 1.00 bits per heavy atom. The Morgan fingerprint density at radius 2 is 1.36 bits per heavy atom. The Bertz CT molecular complexity index is 139. The quantitative estimate of drug-likeness (QED) is 0.536. The normalized spacial score (nSPS) is 8.71. The molecular formula is C9H16O5-2. The molecule has 5 nitrogen and oxygen atoms in total. The van der Waals surface area contributed by atoms with Crippen LogP contribution in [0, 0.1) is 0 Å². The van der Waals surface area contributed by atoms with Crippen molar-refractivity contribution < 1.29 is 24.5 Å². The summed E-state index contributed by atoms with van der Waals surface area (Å²) in [7, 11) is 0. The molecular weight excluding hydrogens is 188 g/mol. The number of hydrogen-bond donors (Lipinski definition) is 0. The lowest BCUT2D eigenvalue weighted by Gasteiger charge is -2.01. The van der Waals surface area contributed by atoms with Gasteiger partial charge in [-0.2, -0.15) is 0 Å². The molecule has 0 unspecified atom stereocenters. The van der Waals surface area contributed by atoms with Gasteiger partial charge in [0.25, 0.3) is 0 Å². The molecule has 0 rings (SSSR count). The highest BCUT2D eigenvalue weighted by molar-refractivity contribution is 5.67. The monoisotopic (exact) mass is 204 g/mol. The van der Waals surface area contributed by atoms with E-state index in [1.54, 1.807) is 0 Å². The van der Waals surface area contributed by atoms with Gasteiger partial charge in [-0.15, -0.1) is 0 Å². The Morgan fingerprint density at radius 3 is 1.50 bits per heavy atom. The lowest BCUT2D eigenvalue weighted by atomic mass is 10.2. The Balaban J connectivity index is 0. The minimum Gasteiger partial charge on any atom is -0.550 e. The van der Waals surface area contributed by atoms with Crippen LogP contribution in [0.2, 0.25) is 0 Å². The van der Waals surface area contributed by atoms with E-state index in [0.29, 0.717) is 0 Å². The van der Waals surface area contributed by atoms with Crippen molar-refractivity contribution in [3.05, 3.63) is 0 Å². The first-order valence-corrected chi connectivity index (χ1v) is 4.52. The van der Waals surface area contributed by atoms with E-state index in [4.69, 9.17) is 4.74 Å². The van der Waals surface area contributed by atoms with Crippen LogP contribution >= 0.6 is 0 Å². The van der Waals surface area contributed by atoms with E-state index < -0.39 is 11.9 Å². The van der Waals surface area contributed by atoms with Crippen LogP contribution in [0.25, 0.3) is 0 Å². The number of ether oxygens (including phenoxy) is 1. The summed E-state index contributed by atoms with van der Waals surface area (Å²) in [5.74, 6) is -2.45. The lowest BCUT2D eigenvalue weighted by molar-refractivity contribution is -0.307. The maximum Gasteiger partial charge on any atom is 0.0437 e. The van der Waals surface area contributed by atoms with Gasteiger partial charge in [-0.25, -0.2) is 0 Å². The van der Waals surface area contributed by atoms with Gasteiger partial charge in [-0.3, -0.25) is 0 Å². The molecule has 0 spiro atoms. The zero-order valence-corrected chi connectivity index (χ0v) is 8.58. The molecule has 0 aliphatic carbocycles. The summed E-state index contributed by atoms with van der Waals surface area (Å²) in [6.45, 7) is 5.67. The van der Waals surface area contributed by atoms with Crippen molar-refractivity contribution in [1.82, 2.24) is 0 Å². The van der Waals surface area contributed by atoms with Gasteiger partial charge in [0.15, 0.2) is 0 Å². The highest BCUT2D eigenvalue weighted by Crippen LogP contribution is 1.90. The largest absolute Gasteiger partial charge is 0.550 e. The fourth-order valence-electron chi connectivity index (χ4n) is 0.581. The molecule has 0 N–H and O–H groups in total. The van der Waals surface area contributed by atoms with Gasteiger partial charge in [-0.1, -0.05) is 0 Å². The second-order valence-corrected chi connectivity index (χ2v) is 2.38. The third-order valence-electron chi connectivity index (χ3n) is 1.17. The zero-order chi connectivity index (χ0) is 11.4. The van der Waals surface area contributed by atoms with Gasteiger partial charge in [0.05, 0.1) is 0 Å². The third kappa shape index (κ3) is 22.4. The van der Waals surface area contributed by atoms with Crippen molar-refractivity contribution in [1.29, 1.82) is 0 Å². The lowest BCUT2D eigenvalue weighted by Crippen LogP contribution is -2.25. The predicted octanol–water partition coefficient (Wildman–Crippen LogP) is -1.30. The van der Waals surface area contributed by atoms with Gasteiger partial charge in [0, 0.05) is 25.2 Å². The summed E-state index contributed by atoms with van der Waals surface area (Å²) < 4.78 is 4.83. The van der Waals surface area contributed by atoms with E-state index in [0.717, 1.165) is 13.2 Å². The first-order chi connectivity index (χ1) is 6.54. The van der Waals surface area contributed by atoms with E-state index in [1.165, 1.54) is 0 Å². The minimum atomic E-state index is -1.23. The van der Waals surface area contributed by atoms with Crippen LogP contribution in [0.5, 0.6) is 0 Å². The highest BCUT2D eigenvalue weighted by Gasteiger charge is 1.87. The van der Waals surface area contributed by atoms with E-state index in [1.807, 2.05) is 13.8 Å². The van der Waals surface area contributed by atoms with Gasteiger partial charge in [0.1, 0.15) is 0 Å². The van der Waals surface area contributed by atoms with E-state index in [2.05, 4.69) is 0 Å². The van der Waals surface area contributed by atoms with Crippen LogP contribution in [0.4, 0.5) is 0 Å². The SMILES string of the molecule is CCOCC.O=C([O-])CCCC(=O)[O-]. The molecule has 14 heavy (non-hydrogen) atoms. The molecule has 0 aromatic rings. The van der Waals surface area contributed by atoms with Crippen LogP contribution in [-0.2, 0) is 14.3 Å². The summed E-state index contributed by atoms with van der Waals surface area (Å²) in [6, 6.07) is 0. The van der Waals surface area contributed by atoms with Crippen molar-refractivity contribution in [2.45, 2.75) is 33.1 Å². The molecule has 0 atom stereocenters. The number of rotatable bonds is 6. The average molecular weight is 204 g/mol. The van der Waals surface area contributed by atoms with Crippen molar-refractivity contribution in [3.63, 3.8) is 0 Å². The Hall–Kier alpha value is -1.10. The number of carbonyl (C=O) groups excluding carboxylic acids is 2. The summed E-state index contributed by atoms with van der Waals surface area (Å²) in [5, 5.41) is 19.3. The molecule has 0 saturated heterocycles. The molecule has 0 aromatic heterocycles. The van der Waals surface area contributed by atoms with Crippen LogP contribution in [0.15, 0.2) is 0 Å². The molecule has 0 aromatic carbocycles. The minimum absolute atomic E-state index is 0.0880. The third-order valence-corrected chi connectivity index (χ3v) is 1.17. The maximum absolute atomic E-state index is 9.66. The number of hydrogen-bond acceptors (Lipinski definition) is 5. The molecule has 0 radical (unpaired) electrons. The standard InChI is InChI=1S/C5H8O4.C4H10O/c6-4(7)2-1-3-5(8)9;1-3-5-4-2/h1-3H2,(H,6,7)(H,8,9);3-4H2,1-2H3/p-2. The van der Waals surface area contributed by atoms with Crippen LogP contribution < -0.4 is 10.2 Å². The fourth-order valence-corrected chi connectivity index (χ4v) is 0.581. The number of carbonyl (C=O) groups is 2. The van der Waals surface area contributed by atoms with E-state index >= 15 is 0 Å². The molecule has 84 valence electrons. The second-order valence-electron chi connectivity index (χ2n) is 2.38. The van der Waals surface area contributed by atoms with Crippen molar-refractivity contribution >= 4 is 11.9 Å². The molecule has 0 aliphatic heterocycles. The van der Waals surface area contributed by atoms with Crippen molar-refractivity contribution in [2.75, 3.05) is 13.2 Å². The zero-order valence-electron chi connectivity index (χ0n) is 8.58. The molecule has 5 heteroatoms. The van der Waals surface area contributed by atoms with Crippen molar-refractivity contribution in [3.8, 4) is 0 Å². The number of carboxylic acids is 2. The van der Waals surface area contributed by atoms with Crippen LogP contribution in [-0.4, -0.2) is 25.2 Å².